The van der Waals surface area contributed by atoms with Gasteiger partial charge in [-0.05, 0) is 20.8 Å². The molecule has 0 heterocycles. The Morgan fingerprint density at radius 1 is 1.20 bits per heavy atom. The average molecular weight is 237 g/mol. The standard InChI is InChI=1S/C7H18N.C3H6O3S/c1-5-8(4,6-2)7-3;1-2-3-7(4,5)6/h5-7H2,1-4H3;2H,1,3H2,(H,4,5,6)/q+1;/p-1. The molecule has 0 atom stereocenters. The van der Waals surface area contributed by atoms with Crippen LogP contribution in [0.3, 0.4) is 0 Å². The molecule has 0 N–H and O–H groups in total. The topological polar surface area (TPSA) is 57.2 Å². The summed E-state index contributed by atoms with van der Waals surface area (Å²) >= 11 is 0. The first-order valence-electron chi connectivity index (χ1n) is 5.12. The third kappa shape index (κ3) is 11.5. The second-order valence-electron chi connectivity index (χ2n) is 3.58. The molecule has 0 aromatic carbocycles. The molecule has 5 heteroatoms. The zero-order valence-electron chi connectivity index (χ0n) is 10.2. The Balaban J connectivity index is 0. The summed E-state index contributed by atoms with van der Waals surface area (Å²) in [5.41, 5.74) is 0. The molecular formula is C10H23NO3S. The van der Waals surface area contributed by atoms with E-state index >= 15 is 0 Å². The van der Waals surface area contributed by atoms with Crippen LogP contribution in [0.4, 0.5) is 0 Å². The summed E-state index contributed by atoms with van der Waals surface area (Å²) < 4.78 is 30.0. The van der Waals surface area contributed by atoms with Gasteiger partial charge in [-0.15, -0.1) is 6.58 Å². The van der Waals surface area contributed by atoms with Crippen molar-refractivity contribution >= 4 is 10.1 Å². The van der Waals surface area contributed by atoms with E-state index in [1.165, 1.54) is 24.1 Å². The van der Waals surface area contributed by atoms with Crippen molar-refractivity contribution in [1.29, 1.82) is 0 Å². The highest BCUT2D eigenvalue weighted by Gasteiger charge is 2.10. The van der Waals surface area contributed by atoms with Gasteiger partial charge >= 0.3 is 0 Å². The van der Waals surface area contributed by atoms with Crippen LogP contribution in [0.5, 0.6) is 0 Å². The molecular weight excluding hydrogens is 214 g/mol. The summed E-state index contributed by atoms with van der Waals surface area (Å²) in [4.78, 5) is 0. The van der Waals surface area contributed by atoms with Crippen LogP contribution in [0.2, 0.25) is 0 Å². The van der Waals surface area contributed by atoms with E-state index < -0.39 is 15.9 Å². The van der Waals surface area contributed by atoms with Crippen LogP contribution in [0, 0.1) is 0 Å². The quantitative estimate of drug-likeness (QED) is 0.410. The maximum atomic E-state index is 9.60. The van der Waals surface area contributed by atoms with Crippen molar-refractivity contribution < 1.29 is 17.5 Å². The molecule has 0 aliphatic rings. The SMILES string of the molecule is C=CCS(=O)(=O)[O-].CC[N+](C)(CC)CC. The summed E-state index contributed by atoms with van der Waals surface area (Å²) in [7, 11) is -1.75. The lowest BCUT2D eigenvalue weighted by molar-refractivity contribution is -0.904. The Kier molecular flexibility index (Phi) is 8.90. The maximum absolute atomic E-state index is 9.60. The summed E-state index contributed by atoms with van der Waals surface area (Å²) in [5, 5.41) is 0. The van der Waals surface area contributed by atoms with E-state index in [2.05, 4.69) is 34.4 Å². The maximum Gasteiger partial charge on any atom is 0.0982 e. The van der Waals surface area contributed by atoms with E-state index in [1.807, 2.05) is 0 Å². The number of hydrogen-bond acceptors (Lipinski definition) is 3. The van der Waals surface area contributed by atoms with Gasteiger partial charge in [0.25, 0.3) is 0 Å². The van der Waals surface area contributed by atoms with Crippen molar-refractivity contribution in [1.82, 2.24) is 0 Å². The molecule has 0 bridgehead atoms. The van der Waals surface area contributed by atoms with Crippen molar-refractivity contribution in [2.24, 2.45) is 0 Å². The second-order valence-corrected chi connectivity index (χ2v) is 5.03. The molecule has 0 spiro atoms. The number of quaternary nitrogens is 1. The number of hydrogen-bond donors (Lipinski definition) is 0. The van der Waals surface area contributed by atoms with Crippen molar-refractivity contribution in [2.75, 3.05) is 32.4 Å². The van der Waals surface area contributed by atoms with E-state index in [0.717, 1.165) is 6.08 Å². The van der Waals surface area contributed by atoms with Gasteiger partial charge in [0.1, 0.15) is 0 Å². The molecule has 0 fully saturated rings. The molecule has 0 unspecified atom stereocenters. The summed E-state index contributed by atoms with van der Waals surface area (Å²) in [6.07, 6.45) is 1.06. The van der Waals surface area contributed by atoms with Gasteiger partial charge in [-0.1, -0.05) is 6.08 Å². The minimum Gasteiger partial charge on any atom is -0.748 e. The third-order valence-electron chi connectivity index (χ3n) is 2.61. The van der Waals surface area contributed by atoms with E-state index in [-0.39, 0.29) is 0 Å². The molecule has 0 amide bonds. The fourth-order valence-corrected chi connectivity index (χ4v) is 1.10. The minimum atomic E-state index is -4.04. The van der Waals surface area contributed by atoms with Crippen LogP contribution in [0.25, 0.3) is 0 Å². The van der Waals surface area contributed by atoms with E-state index in [1.54, 1.807) is 0 Å². The predicted molar refractivity (Wildman–Crippen MR) is 62.6 cm³/mol. The van der Waals surface area contributed by atoms with Gasteiger partial charge in [-0.2, -0.15) is 0 Å². The average Bonchev–Trinajstić information content (AvgIpc) is 2.16. The van der Waals surface area contributed by atoms with Crippen LogP contribution < -0.4 is 0 Å². The lowest BCUT2D eigenvalue weighted by Gasteiger charge is -2.30. The zero-order valence-corrected chi connectivity index (χ0v) is 11.0. The van der Waals surface area contributed by atoms with E-state index in [0.29, 0.717) is 0 Å². The van der Waals surface area contributed by atoms with Gasteiger partial charge in [-0.3, -0.25) is 0 Å². The summed E-state index contributed by atoms with van der Waals surface area (Å²) in [5.74, 6) is -0.479. The van der Waals surface area contributed by atoms with Crippen LogP contribution in [-0.4, -0.2) is 49.9 Å². The Labute approximate surface area is 93.9 Å². The van der Waals surface area contributed by atoms with E-state index in [9.17, 15) is 13.0 Å². The minimum absolute atomic E-state index is 0.479. The Morgan fingerprint density at radius 3 is 1.53 bits per heavy atom. The van der Waals surface area contributed by atoms with Crippen molar-refractivity contribution in [3.63, 3.8) is 0 Å². The van der Waals surface area contributed by atoms with Gasteiger partial charge in [0.15, 0.2) is 0 Å². The third-order valence-corrected chi connectivity index (χ3v) is 3.26. The van der Waals surface area contributed by atoms with Crippen LogP contribution in [0.15, 0.2) is 12.7 Å². The first kappa shape index (κ1) is 17.0. The van der Waals surface area contributed by atoms with E-state index in [4.69, 9.17) is 0 Å². The largest absolute Gasteiger partial charge is 0.748 e. The highest BCUT2D eigenvalue weighted by molar-refractivity contribution is 7.85. The Hall–Kier alpha value is -0.390. The van der Waals surface area contributed by atoms with Gasteiger partial charge in [0.05, 0.1) is 42.6 Å². The first-order valence-corrected chi connectivity index (χ1v) is 6.70. The highest BCUT2D eigenvalue weighted by atomic mass is 32.2. The van der Waals surface area contributed by atoms with Gasteiger partial charge in [0, 0.05) is 0 Å². The molecule has 0 aliphatic heterocycles. The fourth-order valence-electron chi connectivity index (χ4n) is 0.815. The van der Waals surface area contributed by atoms with Crippen LogP contribution in [-0.2, 0) is 10.1 Å². The smallest absolute Gasteiger partial charge is 0.0982 e. The lowest BCUT2D eigenvalue weighted by Crippen LogP contribution is -2.42. The van der Waals surface area contributed by atoms with Gasteiger partial charge in [0.2, 0.25) is 0 Å². The molecule has 0 radical (unpaired) electrons. The van der Waals surface area contributed by atoms with Gasteiger partial charge < -0.3 is 9.04 Å². The number of rotatable bonds is 5. The first-order chi connectivity index (χ1) is 6.74. The summed E-state index contributed by atoms with van der Waals surface area (Å²) in [6.45, 7) is 13.6. The lowest BCUT2D eigenvalue weighted by atomic mass is 10.4. The molecule has 0 aliphatic carbocycles. The molecule has 92 valence electrons. The molecule has 0 saturated heterocycles. The molecule has 4 nitrogen and oxygen atoms in total. The predicted octanol–water partition coefficient (Wildman–Crippen LogP) is 1.21. The van der Waals surface area contributed by atoms with Crippen molar-refractivity contribution in [3.8, 4) is 0 Å². The van der Waals surface area contributed by atoms with Crippen LogP contribution in [0.1, 0.15) is 20.8 Å². The second kappa shape index (κ2) is 7.84. The monoisotopic (exact) mass is 237 g/mol. The molecule has 0 rings (SSSR count). The Bertz CT molecular complexity index is 248. The number of nitrogens with zero attached hydrogens (tertiary/aromatic N) is 1. The van der Waals surface area contributed by atoms with Crippen molar-refractivity contribution in [2.45, 2.75) is 20.8 Å². The molecule has 0 aromatic heterocycles. The molecule has 0 aromatic rings. The fraction of sp³-hybridized carbons (Fsp3) is 0.800. The normalized spacial score (nSPS) is 11.5. The van der Waals surface area contributed by atoms with Crippen molar-refractivity contribution in [3.05, 3.63) is 12.7 Å². The van der Waals surface area contributed by atoms with Gasteiger partial charge in [-0.25, -0.2) is 8.42 Å². The van der Waals surface area contributed by atoms with Crippen LogP contribution >= 0.6 is 0 Å². The molecule has 15 heavy (non-hydrogen) atoms. The summed E-state index contributed by atoms with van der Waals surface area (Å²) in [6, 6.07) is 0. The Morgan fingerprint density at radius 2 is 1.53 bits per heavy atom. The molecule has 0 saturated carbocycles. The zero-order chi connectivity index (χ0) is 12.5. The highest BCUT2D eigenvalue weighted by Crippen LogP contribution is 1.97.